The third-order valence-electron chi connectivity index (χ3n) is 2.06. The highest BCUT2D eigenvalue weighted by atomic mass is 16.6. The van der Waals surface area contributed by atoms with Gasteiger partial charge in [-0.3, -0.25) is 10.1 Å². The quantitative estimate of drug-likeness (QED) is 0.445. The van der Waals surface area contributed by atoms with E-state index in [9.17, 15) is 14.9 Å². The van der Waals surface area contributed by atoms with Crippen molar-refractivity contribution in [1.82, 2.24) is 4.98 Å². The number of nitrogens with zero attached hydrogens (tertiary/aromatic N) is 2. The molecule has 0 radical (unpaired) electrons. The lowest BCUT2D eigenvalue weighted by atomic mass is 10.1. The molecule has 0 spiro atoms. The van der Waals surface area contributed by atoms with Gasteiger partial charge in [-0.05, 0) is 12.0 Å². The number of ether oxygens (including phenoxy) is 1. The Morgan fingerprint density at radius 2 is 2.12 bits per heavy atom. The van der Waals surface area contributed by atoms with Gasteiger partial charge in [0, 0.05) is 11.8 Å². The van der Waals surface area contributed by atoms with E-state index in [4.69, 9.17) is 0 Å². The number of hydrogen-bond donors (Lipinski definition) is 0. The fourth-order valence-corrected chi connectivity index (χ4v) is 1.18. The van der Waals surface area contributed by atoms with Crippen LogP contribution in [0.4, 0.5) is 5.69 Å². The molecule has 0 bridgehead atoms. The van der Waals surface area contributed by atoms with E-state index >= 15 is 0 Å². The smallest absolute Gasteiger partial charge is 0.363 e. The maximum atomic E-state index is 11.3. The molecule has 0 saturated carbocycles. The summed E-state index contributed by atoms with van der Waals surface area (Å²) in [6.07, 6.45) is 0. The molecule has 0 aliphatic rings. The van der Waals surface area contributed by atoms with Crippen LogP contribution in [0.25, 0.3) is 0 Å². The molecule has 16 heavy (non-hydrogen) atoms. The third-order valence-corrected chi connectivity index (χ3v) is 2.06. The lowest BCUT2D eigenvalue weighted by molar-refractivity contribution is -0.385. The summed E-state index contributed by atoms with van der Waals surface area (Å²) in [5.74, 6) is -0.710. The summed E-state index contributed by atoms with van der Waals surface area (Å²) in [4.78, 5) is 25.3. The number of esters is 1. The van der Waals surface area contributed by atoms with Gasteiger partial charge < -0.3 is 4.74 Å². The minimum absolute atomic E-state index is 0.0872. The zero-order chi connectivity index (χ0) is 12.3. The Labute approximate surface area is 92.4 Å². The van der Waals surface area contributed by atoms with Gasteiger partial charge in [0.1, 0.15) is 0 Å². The van der Waals surface area contributed by atoms with Crippen LogP contribution in [0.5, 0.6) is 0 Å². The normalized spacial score (nSPS) is 10.2. The topological polar surface area (TPSA) is 82.3 Å². The molecule has 1 aromatic rings. The Hall–Kier alpha value is -1.98. The summed E-state index contributed by atoms with van der Waals surface area (Å²) in [7, 11) is 1.16. The monoisotopic (exact) mass is 224 g/mol. The fraction of sp³-hybridized carbons (Fsp3) is 0.400. The van der Waals surface area contributed by atoms with Gasteiger partial charge in [-0.1, -0.05) is 13.8 Å². The number of aromatic nitrogens is 1. The van der Waals surface area contributed by atoms with E-state index < -0.39 is 10.9 Å². The first-order valence-electron chi connectivity index (χ1n) is 4.71. The highest BCUT2D eigenvalue weighted by Gasteiger charge is 2.23. The Kier molecular flexibility index (Phi) is 3.55. The van der Waals surface area contributed by atoms with Crippen molar-refractivity contribution in [2.45, 2.75) is 19.8 Å². The van der Waals surface area contributed by atoms with Crippen LogP contribution in [-0.2, 0) is 4.74 Å². The molecule has 86 valence electrons. The first-order chi connectivity index (χ1) is 7.47. The SMILES string of the molecule is COC(=O)c1nc(C(C)C)ccc1[N+](=O)[O-]. The maximum Gasteiger partial charge on any atom is 0.363 e. The lowest BCUT2D eigenvalue weighted by Gasteiger charge is -2.06. The van der Waals surface area contributed by atoms with Crippen molar-refractivity contribution >= 4 is 11.7 Å². The van der Waals surface area contributed by atoms with Crippen molar-refractivity contribution in [2.75, 3.05) is 7.11 Å². The zero-order valence-electron chi connectivity index (χ0n) is 9.26. The maximum absolute atomic E-state index is 11.3. The minimum atomic E-state index is -0.797. The summed E-state index contributed by atoms with van der Waals surface area (Å²) in [6.45, 7) is 3.77. The molecule has 1 rings (SSSR count). The highest BCUT2D eigenvalue weighted by Crippen LogP contribution is 2.21. The lowest BCUT2D eigenvalue weighted by Crippen LogP contribution is -2.10. The average Bonchev–Trinajstić information content (AvgIpc) is 2.26. The molecule has 1 heterocycles. The van der Waals surface area contributed by atoms with Crippen LogP contribution in [-0.4, -0.2) is 23.0 Å². The van der Waals surface area contributed by atoms with Crippen molar-refractivity contribution < 1.29 is 14.5 Å². The standard InChI is InChI=1S/C10H12N2O4/c1-6(2)7-4-5-8(12(14)15)9(11-7)10(13)16-3/h4-6H,1-3H3. The molecule has 0 saturated heterocycles. The summed E-state index contributed by atoms with van der Waals surface area (Å²) >= 11 is 0. The summed E-state index contributed by atoms with van der Waals surface area (Å²) in [6, 6.07) is 2.81. The van der Waals surface area contributed by atoms with Crippen molar-refractivity contribution in [3.63, 3.8) is 0 Å². The molecule has 0 atom stereocenters. The third kappa shape index (κ3) is 2.33. The van der Waals surface area contributed by atoms with E-state index in [0.29, 0.717) is 5.69 Å². The van der Waals surface area contributed by atoms with Crippen LogP contribution in [0.3, 0.4) is 0 Å². The van der Waals surface area contributed by atoms with Gasteiger partial charge in [-0.15, -0.1) is 0 Å². The zero-order valence-corrected chi connectivity index (χ0v) is 9.26. The van der Waals surface area contributed by atoms with E-state index in [1.807, 2.05) is 13.8 Å². The predicted molar refractivity (Wildman–Crippen MR) is 56.3 cm³/mol. The number of hydrogen-bond acceptors (Lipinski definition) is 5. The van der Waals surface area contributed by atoms with Crippen LogP contribution in [0.15, 0.2) is 12.1 Å². The van der Waals surface area contributed by atoms with Crippen molar-refractivity contribution in [1.29, 1.82) is 0 Å². The Morgan fingerprint density at radius 3 is 2.56 bits per heavy atom. The van der Waals surface area contributed by atoms with Gasteiger partial charge >= 0.3 is 11.7 Å². The number of rotatable bonds is 3. The molecule has 6 nitrogen and oxygen atoms in total. The van der Waals surface area contributed by atoms with Gasteiger partial charge in [0.2, 0.25) is 5.69 Å². The van der Waals surface area contributed by atoms with E-state index in [-0.39, 0.29) is 17.3 Å². The van der Waals surface area contributed by atoms with Crippen LogP contribution in [0, 0.1) is 10.1 Å². The molecule has 0 unspecified atom stereocenters. The van der Waals surface area contributed by atoms with Crippen LogP contribution in [0.2, 0.25) is 0 Å². The number of carbonyl (C=O) groups excluding carboxylic acids is 1. The van der Waals surface area contributed by atoms with Crippen LogP contribution in [0.1, 0.15) is 35.9 Å². The molecule has 0 N–H and O–H groups in total. The second-order valence-corrected chi connectivity index (χ2v) is 3.51. The Bertz CT molecular complexity index is 429. The predicted octanol–water partition coefficient (Wildman–Crippen LogP) is 1.90. The minimum Gasteiger partial charge on any atom is -0.464 e. The van der Waals surface area contributed by atoms with Gasteiger partial charge in [-0.2, -0.15) is 0 Å². The first kappa shape index (κ1) is 12.1. The molecular weight excluding hydrogens is 212 g/mol. The number of pyridine rings is 1. The molecule has 1 aromatic heterocycles. The fourth-order valence-electron chi connectivity index (χ4n) is 1.18. The second-order valence-electron chi connectivity index (χ2n) is 3.51. The Balaban J connectivity index is 3.32. The van der Waals surface area contributed by atoms with Crippen molar-refractivity contribution in [3.8, 4) is 0 Å². The van der Waals surface area contributed by atoms with Crippen LogP contribution >= 0.6 is 0 Å². The van der Waals surface area contributed by atoms with E-state index in [1.54, 1.807) is 0 Å². The Morgan fingerprint density at radius 1 is 1.50 bits per heavy atom. The number of methoxy groups -OCH3 is 1. The van der Waals surface area contributed by atoms with Crippen LogP contribution < -0.4 is 0 Å². The molecular formula is C10H12N2O4. The second kappa shape index (κ2) is 4.69. The average molecular weight is 224 g/mol. The molecule has 0 amide bonds. The van der Waals surface area contributed by atoms with Gasteiger partial charge in [0.15, 0.2) is 0 Å². The van der Waals surface area contributed by atoms with Gasteiger partial charge in [-0.25, -0.2) is 9.78 Å². The largest absolute Gasteiger partial charge is 0.464 e. The molecule has 0 aromatic carbocycles. The van der Waals surface area contributed by atoms with E-state index in [1.165, 1.54) is 12.1 Å². The molecule has 0 aliphatic carbocycles. The molecule has 6 heteroatoms. The summed E-state index contributed by atoms with van der Waals surface area (Å²) < 4.78 is 4.46. The number of nitro groups is 1. The van der Waals surface area contributed by atoms with E-state index in [0.717, 1.165) is 7.11 Å². The molecule has 0 aliphatic heterocycles. The highest BCUT2D eigenvalue weighted by molar-refractivity contribution is 5.91. The first-order valence-corrected chi connectivity index (χ1v) is 4.71. The summed E-state index contributed by atoms with van der Waals surface area (Å²) in [5, 5.41) is 10.7. The summed E-state index contributed by atoms with van der Waals surface area (Å²) in [5.41, 5.74) is 0.0287. The number of carbonyl (C=O) groups is 1. The molecule has 0 fully saturated rings. The van der Waals surface area contributed by atoms with E-state index in [2.05, 4.69) is 9.72 Å². The van der Waals surface area contributed by atoms with Gasteiger partial charge in [0.05, 0.1) is 12.0 Å². The van der Waals surface area contributed by atoms with Gasteiger partial charge in [0.25, 0.3) is 0 Å². The van der Waals surface area contributed by atoms with Crippen molar-refractivity contribution in [3.05, 3.63) is 33.6 Å². The van der Waals surface area contributed by atoms with Crippen molar-refractivity contribution in [2.24, 2.45) is 0 Å².